The van der Waals surface area contributed by atoms with E-state index in [-0.39, 0.29) is 17.7 Å². The summed E-state index contributed by atoms with van der Waals surface area (Å²) in [6.07, 6.45) is 1.05. The Morgan fingerprint density at radius 1 is 1.10 bits per heavy atom. The normalized spacial score (nSPS) is 20.2. The highest BCUT2D eigenvalue weighted by atomic mass is 16.5. The van der Waals surface area contributed by atoms with Crippen molar-refractivity contribution in [2.24, 2.45) is 11.8 Å². The van der Waals surface area contributed by atoms with E-state index in [0.717, 1.165) is 44.7 Å². The van der Waals surface area contributed by atoms with Crippen LogP contribution in [0.1, 0.15) is 25.8 Å². The van der Waals surface area contributed by atoms with Gasteiger partial charge in [-0.2, -0.15) is 0 Å². The van der Waals surface area contributed by atoms with E-state index in [1.807, 2.05) is 28.0 Å². The molecule has 2 saturated heterocycles. The highest BCUT2D eigenvalue weighted by Gasteiger charge is 2.37. The fourth-order valence-corrected chi connectivity index (χ4v) is 4.38. The molecule has 0 radical (unpaired) electrons. The molecule has 1 aromatic rings. The van der Waals surface area contributed by atoms with Gasteiger partial charge in [0.2, 0.25) is 11.8 Å². The van der Waals surface area contributed by atoms with Crippen molar-refractivity contribution in [3.8, 4) is 11.5 Å². The number of hydrogen-bond acceptors (Lipinski definition) is 5. The molecule has 7 nitrogen and oxygen atoms in total. The molecule has 1 atom stereocenters. The predicted molar refractivity (Wildman–Crippen MR) is 116 cm³/mol. The SMILES string of the molecule is COc1ccc(CCN2C[C@H](C(=O)N3CCN(CC(C)C)CC3)CC2=O)cc1OC. The number of likely N-dealkylation sites (tertiary alicyclic amines) is 1. The number of carbonyl (C=O) groups is 2. The minimum absolute atomic E-state index is 0.0762. The zero-order valence-corrected chi connectivity index (χ0v) is 18.7. The number of amides is 2. The molecule has 30 heavy (non-hydrogen) atoms. The second-order valence-corrected chi connectivity index (χ2v) is 8.70. The number of rotatable bonds is 8. The lowest BCUT2D eigenvalue weighted by Gasteiger charge is -2.36. The summed E-state index contributed by atoms with van der Waals surface area (Å²) < 4.78 is 10.6. The summed E-state index contributed by atoms with van der Waals surface area (Å²) in [4.78, 5) is 31.6. The fraction of sp³-hybridized carbons (Fsp3) is 0.652. The van der Waals surface area contributed by atoms with E-state index in [4.69, 9.17) is 9.47 Å². The van der Waals surface area contributed by atoms with Crippen LogP contribution >= 0.6 is 0 Å². The molecule has 2 amide bonds. The van der Waals surface area contributed by atoms with Crippen LogP contribution in [0.5, 0.6) is 11.5 Å². The van der Waals surface area contributed by atoms with Crippen LogP contribution in [0.15, 0.2) is 18.2 Å². The summed E-state index contributed by atoms with van der Waals surface area (Å²) in [6.45, 7) is 10.0. The highest BCUT2D eigenvalue weighted by molar-refractivity contribution is 5.89. The number of methoxy groups -OCH3 is 2. The summed E-state index contributed by atoms with van der Waals surface area (Å²) in [5.74, 6) is 2.02. The van der Waals surface area contributed by atoms with Gasteiger partial charge in [0, 0.05) is 52.2 Å². The van der Waals surface area contributed by atoms with Gasteiger partial charge in [0.25, 0.3) is 0 Å². The Morgan fingerprint density at radius 2 is 1.80 bits per heavy atom. The fourth-order valence-electron chi connectivity index (χ4n) is 4.38. The van der Waals surface area contributed by atoms with Crippen molar-refractivity contribution in [2.75, 3.05) is 60.0 Å². The van der Waals surface area contributed by atoms with Gasteiger partial charge < -0.3 is 19.3 Å². The minimum Gasteiger partial charge on any atom is -0.493 e. The Bertz CT molecular complexity index is 744. The van der Waals surface area contributed by atoms with Crippen LogP contribution < -0.4 is 9.47 Å². The smallest absolute Gasteiger partial charge is 0.228 e. The molecular weight excluding hydrogens is 382 g/mol. The van der Waals surface area contributed by atoms with Gasteiger partial charge in [-0.3, -0.25) is 14.5 Å². The number of piperazine rings is 1. The van der Waals surface area contributed by atoms with Gasteiger partial charge in [0.15, 0.2) is 11.5 Å². The number of ether oxygens (including phenoxy) is 2. The summed E-state index contributed by atoms with van der Waals surface area (Å²) in [6, 6.07) is 5.81. The molecule has 7 heteroatoms. The maximum absolute atomic E-state index is 12.9. The summed E-state index contributed by atoms with van der Waals surface area (Å²) in [7, 11) is 3.23. The topological polar surface area (TPSA) is 62.3 Å². The van der Waals surface area contributed by atoms with E-state index in [1.165, 1.54) is 0 Å². The number of hydrogen-bond donors (Lipinski definition) is 0. The third-order valence-electron chi connectivity index (χ3n) is 5.99. The van der Waals surface area contributed by atoms with Crippen LogP contribution in [0.2, 0.25) is 0 Å². The summed E-state index contributed by atoms with van der Waals surface area (Å²) in [5, 5.41) is 0. The molecule has 2 aliphatic rings. The van der Waals surface area contributed by atoms with Crippen LogP contribution in [0.4, 0.5) is 0 Å². The molecule has 2 aliphatic heterocycles. The molecule has 0 N–H and O–H groups in total. The summed E-state index contributed by atoms with van der Waals surface area (Å²) in [5.41, 5.74) is 1.08. The van der Waals surface area contributed by atoms with E-state index >= 15 is 0 Å². The molecule has 2 heterocycles. The van der Waals surface area contributed by atoms with E-state index in [0.29, 0.717) is 36.9 Å². The molecule has 1 aromatic carbocycles. The maximum Gasteiger partial charge on any atom is 0.228 e. The largest absolute Gasteiger partial charge is 0.493 e. The zero-order valence-electron chi connectivity index (χ0n) is 18.7. The standard InChI is InChI=1S/C23H35N3O4/c1-17(2)15-24-9-11-25(12-10-24)23(28)19-14-22(27)26(16-19)8-7-18-5-6-20(29-3)21(13-18)30-4/h5-6,13,17,19H,7-12,14-16H2,1-4H3/t19-/m1/s1. The Labute approximate surface area is 179 Å². The first kappa shape index (κ1) is 22.4. The third kappa shape index (κ3) is 5.45. The van der Waals surface area contributed by atoms with E-state index < -0.39 is 0 Å². The third-order valence-corrected chi connectivity index (χ3v) is 5.99. The van der Waals surface area contributed by atoms with Crippen LogP contribution in [0.25, 0.3) is 0 Å². The molecule has 0 unspecified atom stereocenters. The first-order valence-corrected chi connectivity index (χ1v) is 10.9. The van der Waals surface area contributed by atoms with Gasteiger partial charge in [-0.15, -0.1) is 0 Å². The molecular formula is C23H35N3O4. The van der Waals surface area contributed by atoms with Gasteiger partial charge in [-0.05, 0) is 30.0 Å². The van der Waals surface area contributed by atoms with Crippen molar-refractivity contribution in [3.05, 3.63) is 23.8 Å². The van der Waals surface area contributed by atoms with Crippen LogP contribution in [-0.2, 0) is 16.0 Å². The van der Waals surface area contributed by atoms with E-state index in [2.05, 4.69) is 18.7 Å². The van der Waals surface area contributed by atoms with E-state index in [9.17, 15) is 9.59 Å². The quantitative estimate of drug-likeness (QED) is 0.647. The number of benzene rings is 1. The predicted octanol–water partition coefficient (Wildman–Crippen LogP) is 1.90. The lowest BCUT2D eigenvalue weighted by atomic mass is 10.1. The van der Waals surface area contributed by atoms with Crippen molar-refractivity contribution < 1.29 is 19.1 Å². The Kier molecular flexibility index (Phi) is 7.58. The first-order chi connectivity index (χ1) is 14.4. The van der Waals surface area contributed by atoms with Crippen LogP contribution in [0.3, 0.4) is 0 Å². The monoisotopic (exact) mass is 417 g/mol. The molecule has 0 spiro atoms. The molecule has 0 aromatic heterocycles. The van der Waals surface area contributed by atoms with Crippen molar-refractivity contribution in [2.45, 2.75) is 26.7 Å². The van der Waals surface area contributed by atoms with Gasteiger partial charge >= 0.3 is 0 Å². The Balaban J connectivity index is 1.50. The van der Waals surface area contributed by atoms with Crippen LogP contribution in [-0.4, -0.2) is 86.5 Å². The lowest BCUT2D eigenvalue weighted by Crippen LogP contribution is -2.51. The van der Waals surface area contributed by atoms with Gasteiger partial charge in [-0.1, -0.05) is 19.9 Å². The average molecular weight is 418 g/mol. The Morgan fingerprint density at radius 3 is 2.43 bits per heavy atom. The molecule has 0 aliphatic carbocycles. The first-order valence-electron chi connectivity index (χ1n) is 10.9. The highest BCUT2D eigenvalue weighted by Crippen LogP contribution is 2.28. The van der Waals surface area contributed by atoms with Crippen molar-refractivity contribution in [1.29, 1.82) is 0 Å². The maximum atomic E-state index is 12.9. The molecule has 0 saturated carbocycles. The second-order valence-electron chi connectivity index (χ2n) is 8.70. The number of nitrogens with zero attached hydrogens (tertiary/aromatic N) is 3. The molecule has 166 valence electrons. The number of carbonyl (C=O) groups excluding carboxylic acids is 2. The van der Waals surface area contributed by atoms with E-state index in [1.54, 1.807) is 14.2 Å². The Hall–Kier alpha value is -2.28. The molecule has 0 bridgehead atoms. The molecule has 2 fully saturated rings. The van der Waals surface area contributed by atoms with Crippen molar-refractivity contribution in [1.82, 2.24) is 14.7 Å². The van der Waals surface area contributed by atoms with Crippen molar-refractivity contribution >= 4 is 11.8 Å². The average Bonchev–Trinajstić information content (AvgIpc) is 3.12. The van der Waals surface area contributed by atoms with Crippen molar-refractivity contribution in [3.63, 3.8) is 0 Å². The second kappa shape index (κ2) is 10.2. The lowest BCUT2D eigenvalue weighted by molar-refractivity contribution is -0.137. The van der Waals surface area contributed by atoms with Gasteiger partial charge in [0.05, 0.1) is 20.1 Å². The zero-order chi connectivity index (χ0) is 21.7. The van der Waals surface area contributed by atoms with Gasteiger partial charge in [0.1, 0.15) is 0 Å². The summed E-state index contributed by atoms with van der Waals surface area (Å²) >= 11 is 0. The minimum atomic E-state index is -0.209. The molecule has 3 rings (SSSR count). The van der Waals surface area contributed by atoms with Gasteiger partial charge in [-0.25, -0.2) is 0 Å². The van der Waals surface area contributed by atoms with Crippen LogP contribution in [0, 0.1) is 11.8 Å².